The first-order valence-corrected chi connectivity index (χ1v) is 5.31. The molecule has 0 saturated heterocycles. The molecular weight excluding hydrogens is 287 g/mol. The number of alkyl halides is 1. The average molecular weight is 294 g/mol. The molecular formula is C9H7Br2F. The van der Waals surface area contributed by atoms with Gasteiger partial charge in [-0.25, -0.2) is 4.39 Å². The van der Waals surface area contributed by atoms with Gasteiger partial charge in [0, 0.05) is 4.47 Å². The largest absolute Gasteiger partial charge is 0.211 e. The molecule has 0 nitrogen and oxygen atoms in total. The van der Waals surface area contributed by atoms with Crippen molar-refractivity contribution in [3.8, 4) is 0 Å². The fraction of sp³-hybridized carbons (Fsp3) is 0.111. The van der Waals surface area contributed by atoms with Crippen molar-refractivity contribution >= 4 is 37.9 Å². The third kappa shape index (κ3) is 3.07. The molecule has 0 aliphatic rings. The smallest absolute Gasteiger partial charge is 0.111 e. The summed E-state index contributed by atoms with van der Waals surface area (Å²) >= 11 is 6.34. The summed E-state index contributed by atoms with van der Waals surface area (Å²) in [7, 11) is 0. The topological polar surface area (TPSA) is 0 Å². The fourth-order valence-electron chi connectivity index (χ4n) is 0.778. The minimum atomic E-state index is -0.169. The van der Waals surface area contributed by atoms with Crippen molar-refractivity contribution in [3.05, 3.63) is 40.1 Å². The van der Waals surface area contributed by atoms with E-state index in [1.54, 1.807) is 0 Å². The molecule has 0 atom stereocenters. The molecule has 64 valence electrons. The molecule has 0 fully saturated rings. The van der Waals surface area contributed by atoms with Crippen molar-refractivity contribution in [2.24, 2.45) is 0 Å². The van der Waals surface area contributed by atoms with Crippen LogP contribution < -0.4 is 0 Å². The third-order valence-corrected chi connectivity index (χ3v) is 2.39. The van der Waals surface area contributed by atoms with E-state index in [1.807, 2.05) is 24.3 Å². The Morgan fingerprint density at radius 2 is 1.92 bits per heavy atom. The van der Waals surface area contributed by atoms with E-state index >= 15 is 0 Å². The number of hydrogen-bond donors (Lipinski definition) is 0. The first-order valence-electron chi connectivity index (χ1n) is 3.40. The molecule has 0 radical (unpaired) electrons. The minimum Gasteiger partial charge on any atom is -0.211 e. The zero-order chi connectivity index (χ0) is 8.97. The van der Waals surface area contributed by atoms with E-state index in [9.17, 15) is 4.39 Å². The van der Waals surface area contributed by atoms with Gasteiger partial charge in [-0.05, 0) is 23.8 Å². The number of rotatable bonds is 2. The van der Waals surface area contributed by atoms with Crippen molar-refractivity contribution in [3.63, 3.8) is 0 Å². The van der Waals surface area contributed by atoms with Crippen LogP contribution in [0.1, 0.15) is 5.56 Å². The number of allylic oxidation sites excluding steroid dienone is 1. The van der Waals surface area contributed by atoms with E-state index in [2.05, 4.69) is 31.9 Å². The van der Waals surface area contributed by atoms with Gasteiger partial charge in [0.25, 0.3) is 0 Å². The molecule has 1 aromatic carbocycles. The van der Waals surface area contributed by atoms with E-state index in [0.29, 0.717) is 0 Å². The van der Waals surface area contributed by atoms with Crippen LogP contribution in [0, 0.1) is 0 Å². The van der Waals surface area contributed by atoms with E-state index in [-0.39, 0.29) is 11.2 Å². The maximum Gasteiger partial charge on any atom is 0.111 e. The van der Waals surface area contributed by atoms with Crippen LogP contribution in [0.3, 0.4) is 0 Å². The molecule has 1 aromatic rings. The Labute approximate surface area is 87.7 Å². The van der Waals surface area contributed by atoms with Crippen molar-refractivity contribution < 1.29 is 4.39 Å². The second kappa shape index (κ2) is 4.77. The Hall–Kier alpha value is -0.150. The Bertz CT molecular complexity index is 277. The maximum atomic E-state index is 12.7. The van der Waals surface area contributed by atoms with Crippen LogP contribution in [0.4, 0.5) is 4.39 Å². The van der Waals surface area contributed by atoms with Crippen LogP contribution in [-0.2, 0) is 0 Å². The predicted molar refractivity (Wildman–Crippen MR) is 57.0 cm³/mol. The summed E-state index contributed by atoms with van der Waals surface area (Å²) in [5.41, 5.74) is 0.871. The molecule has 0 aliphatic carbocycles. The number of benzene rings is 1. The molecule has 0 bridgehead atoms. The van der Waals surface area contributed by atoms with Crippen molar-refractivity contribution in [2.75, 3.05) is 5.33 Å². The molecule has 3 heteroatoms. The molecule has 0 saturated carbocycles. The zero-order valence-corrected chi connectivity index (χ0v) is 9.40. The zero-order valence-electron chi connectivity index (χ0n) is 6.23. The molecule has 0 heterocycles. The van der Waals surface area contributed by atoms with Gasteiger partial charge in [0.05, 0.1) is 5.33 Å². The lowest BCUT2D eigenvalue weighted by molar-refractivity contribution is 0.654. The molecule has 12 heavy (non-hydrogen) atoms. The first kappa shape index (κ1) is 9.93. The lowest BCUT2D eigenvalue weighted by atomic mass is 10.2. The van der Waals surface area contributed by atoms with Crippen molar-refractivity contribution in [1.29, 1.82) is 0 Å². The summed E-state index contributed by atoms with van der Waals surface area (Å²) in [6, 6.07) is 7.47. The highest BCUT2D eigenvalue weighted by Crippen LogP contribution is 2.14. The summed E-state index contributed by atoms with van der Waals surface area (Å²) in [5, 5.41) is 0.267. The lowest BCUT2D eigenvalue weighted by Gasteiger charge is -1.94. The highest BCUT2D eigenvalue weighted by atomic mass is 79.9. The molecule has 0 aliphatic heterocycles. The van der Waals surface area contributed by atoms with Gasteiger partial charge in [-0.1, -0.05) is 44.0 Å². The fourth-order valence-corrected chi connectivity index (χ4v) is 1.20. The van der Waals surface area contributed by atoms with Crippen LogP contribution in [0.5, 0.6) is 0 Å². The molecule has 0 amide bonds. The van der Waals surface area contributed by atoms with Crippen LogP contribution >= 0.6 is 31.9 Å². The monoisotopic (exact) mass is 292 g/mol. The van der Waals surface area contributed by atoms with E-state index in [1.165, 1.54) is 6.08 Å². The van der Waals surface area contributed by atoms with Crippen molar-refractivity contribution in [2.45, 2.75) is 0 Å². The van der Waals surface area contributed by atoms with Gasteiger partial charge >= 0.3 is 0 Å². The predicted octanol–water partition coefficient (Wildman–Crippen LogP) is 4.15. The summed E-state index contributed by atoms with van der Waals surface area (Å²) in [6.45, 7) is 0. The number of hydrogen-bond acceptors (Lipinski definition) is 0. The van der Waals surface area contributed by atoms with Crippen LogP contribution in [-0.4, -0.2) is 5.33 Å². The average Bonchev–Trinajstić information content (AvgIpc) is 2.09. The highest BCUT2D eigenvalue weighted by molar-refractivity contribution is 9.10. The Balaban J connectivity index is 2.84. The Kier molecular flexibility index (Phi) is 3.95. The van der Waals surface area contributed by atoms with E-state index in [0.717, 1.165) is 10.0 Å². The first-order chi connectivity index (χ1) is 5.72. The third-order valence-electron chi connectivity index (χ3n) is 1.32. The van der Waals surface area contributed by atoms with Gasteiger partial charge in [-0.3, -0.25) is 0 Å². The van der Waals surface area contributed by atoms with Crippen LogP contribution in [0.15, 0.2) is 34.6 Å². The second-order valence-corrected chi connectivity index (χ2v) is 3.75. The van der Waals surface area contributed by atoms with Crippen LogP contribution in [0.25, 0.3) is 6.08 Å². The highest BCUT2D eigenvalue weighted by Gasteiger charge is 1.92. The SMILES string of the molecule is F/C(=C\c1ccc(Br)cc1)CBr. The Morgan fingerprint density at radius 1 is 1.33 bits per heavy atom. The van der Waals surface area contributed by atoms with Gasteiger partial charge in [0.2, 0.25) is 0 Å². The standard InChI is InChI=1S/C9H7Br2F/c10-6-9(12)5-7-1-3-8(11)4-2-7/h1-5H,6H2/b9-5-. The summed E-state index contributed by atoms with van der Waals surface area (Å²) < 4.78 is 13.7. The van der Waals surface area contributed by atoms with Gasteiger partial charge in [0.1, 0.15) is 5.83 Å². The summed E-state index contributed by atoms with van der Waals surface area (Å²) in [5.74, 6) is -0.169. The van der Waals surface area contributed by atoms with Crippen LogP contribution in [0.2, 0.25) is 0 Å². The molecule has 0 spiro atoms. The number of halogens is 3. The second-order valence-electron chi connectivity index (χ2n) is 2.28. The van der Waals surface area contributed by atoms with Gasteiger partial charge < -0.3 is 0 Å². The quantitative estimate of drug-likeness (QED) is 0.719. The molecule has 0 N–H and O–H groups in total. The molecule has 0 aromatic heterocycles. The molecule has 1 rings (SSSR count). The maximum absolute atomic E-state index is 12.7. The van der Waals surface area contributed by atoms with Gasteiger partial charge in [-0.2, -0.15) is 0 Å². The summed E-state index contributed by atoms with van der Waals surface area (Å²) in [6.07, 6.45) is 1.50. The lowest BCUT2D eigenvalue weighted by Crippen LogP contribution is -1.75. The van der Waals surface area contributed by atoms with Crippen molar-refractivity contribution in [1.82, 2.24) is 0 Å². The van der Waals surface area contributed by atoms with Gasteiger partial charge in [-0.15, -0.1) is 0 Å². The Morgan fingerprint density at radius 3 is 2.42 bits per heavy atom. The van der Waals surface area contributed by atoms with E-state index < -0.39 is 0 Å². The summed E-state index contributed by atoms with van der Waals surface area (Å²) in [4.78, 5) is 0. The molecule has 0 unspecified atom stereocenters. The van der Waals surface area contributed by atoms with Gasteiger partial charge in [0.15, 0.2) is 0 Å². The van der Waals surface area contributed by atoms with E-state index in [4.69, 9.17) is 0 Å². The normalized spacial score (nSPS) is 11.8. The minimum absolute atomic E-state index is 0.169.